The number of amides is 1. The summed E-state index contributed by atoms with van der Waals surface area (Å²) in [5.41, 5.74) is 4.14. The van der Waals surface area contributed by atoms with Gasteiger partial charge < -0.3 is 10.3 Å². The lowest BCUT2D eigenvalue weighted by Gasteiger charge is -2.09. The van der Waals surface area contributed by atoms with Crippen molar-refractivity contribution in [2.45, 2.75) is 23.3 Å². The number of benzene rings is 2. The summed E-state index contributed by atoms with van der Waals surface area (Å²) >= 11 is 1.51. The van der Waals surface area contributed by atoms with Crippen molar-refractivity contribution in [2.75, 3.05) is 6.54 Å². The van der Waals surface area contributed by atoms with Crippen LogP contribution < -0.4 is 5.32 Å². The Labute approximate surface area is 168 Å². The van der Waals surface area contributed by atoms with Crippen molar-refractivity contribution in [3.8, 4) is 0 Å². The highest BCUT2D eigenvalue weighted by molar-refractivity contribution is 7.99. The van der Waals surface area contributed by atoms with Gasteiger partial charge in [-0.2, -0.15) is 0 Å². The molecule has 1 amide bonds. The molecule has 2 heterocycles. The second kappa shape index (κ2) is 8.31. The van der Waals surface area contributed by atoms with Gasteiger partial charge in [0.2, 0.25) is 0 Å². The molecule has 0 saturated carbocycles. The number of hydrogen-bond donors (Lipinski definition) is 2. The van der Waals surface area contributed by atoms with E-state index in [2.05, 4.69) is 46.5 Å². The summed E-state index contributed by atoms with van der Waals surface area (Å²) in [5.74, 6) is -0.0949. The Kier molecular flexibility index (Phi) is 5.44. The Morgan fingerprint density at radius 2 is 1.89 bits per heavy atom. The average Bonchev–Trinajstić information content (AvgIpc) is 3.13. The predicted octanol–water partition coefficient (Wildman–Crippen LogP) is 5.00. The first-order valence-electron chi connectivity index (χ1n) is 9.23. The van der Waals surface area contributed by atoms with E-state index in [1.54, 1.807) is 12.3 Å². The number of fused-ring (bicyclic) bond motifs is 1. The SMILES string of the molecule is Cc1ccc(Sc2ncccc2C(=O)NCCc2c[nH]c3ccccc23)cc1. The second-order valence-electron chi connectivity index (χ2n) is 6.64. The predicted molar refractivity (Wildman–Crippen MR) is 114 cm³/mol. The van der Waals surface area contributed by atoms with E-state index in [1.165, 1.54) is 28.3 Å². The van der Waals surface area contributed by atoms with Crippen LogP contribution in [0.25, 0.3) is 10.9 Å². The topological polar surface area (TPSA) is 57.8 Å². The zero-order valence-corrected chi connectivity index (χ0v) is 16.4. The minimum absolute atomic E-state index is 0.0949. The second-order valence-corrected chi connectivity index (χ2v) is 7.70. The Morgan fingerprint density at radius 3 is 2.75 bits per heavy atom. The number of hydrogen-bond acceptors (Lipinski definition) is 3. The first-order chi connectivity index (χ1) is 13.7. The van der Waals surface area contributed by atoms with Gasteiger partial charge in [-0.15, -0.1) is 0 Å². The molecule has 0 saturated heterocycles. The summed E-state index contributed by atoms with van der Waals surface area (Å²) < 4.78 is 0. The van der Waals surface area contributed by atoms with Gasteiger partial charge in [-0.25, -0.2) is 4.98 Å². The molecule has 0 aliphatic rings. The standard InChI is InChI=1S/C23H21N3OS/c1-16-8-10-18(11-9-16)28-23-20(6-4-13-25-23)22(27)24-14-12-17-15-26-21-7-3-2-5-19(17)21/h2-11,13,15,26H,12,14H2,1H3,(H,24,27). The van der Waals surface area contributed by atoms with Gasteiger partial charge in [0, 0.05) is 34.7 Å². The molecule has 0 atom stereocenters. The van der Waals surface area contributed by atoms with Crippen molar-refractivity contribution in [3.63, 3.8) is 0 Å². The minimum atomic E-state index is -0.0949. The molecule has 4 aromatic rings. The highest BCUT2D eigenvalue weighted by Crippen LogP contribution is 2.28. The summed E-state index contributed by atoms with van der Waals surface area (Å²) in [6, 6.07) is 20.0. The fourth-order valence-electron chi connectivity index (χ4n) is 3.11. The molecule has 0 bridgehead atoms. The maximum atomic E-state index is 12.7. The van der Waals surface area contributed by atoms with E-state index in [0.717, 1.165) is 21.9 Å². The molecule has 4 nitrogen and oxygen atoms in total. The maximum absolute atomic E-state index is 12.7. The maximum Gasteiger partial charge on any atom is 0.254 e. The molecule has 140 valence electrons. The van der Waals surface area contributed by atoms with Crippen LogP contribution in [0.5, 0.6) is 0 Å². The number of rotatable bonds is 6. The van der Waals surface area contributed by atoms with Crippen molar-refractivity contribution in [2.24, 2.45) is 0 Å². The van der Waals surface area contributed by atoms with Crippen molar-refractivity contribution < 1.29 is 4.79 Å². The molecule has 0 spiro atoms. The van der Waals surface area contributed by atoms with Crippen LogP contribution in [0.2, 0.25) is 0 Å². The number of nitrogens with one attached hydrogen (secondary N) is 2. The molecule has 0 fully saturated rings. The summed E-state index contributed by atoms with van der Waals surface area (Å²) in [4.78, 5) is 21.5. The van der Waals surface area contributed by atoms with Crippen LogP contribution in [0.3, 0.4) is 0 Å². The molecule has 0 unspecified atom stereocenters. The molecule has 0 radical (unpaired) electrons. The molecule has 28 heavy (non-hydrogen) atoms. The molecule has 2 N–H and O–H groups in total. The third-order valence-corrected chi connectivity index (χ3v) is 5.63. The van der Waals surface area contributed by atoms with E-state index in [1.807, 2.05) is 36.5 Å². The number of carbonyl (C=O) groups excluding carboxylic acids is 1. The smallest absolute Gasteiger partial charge is 0.254 e. The number of carbonyl (C=O) groups is 1. The lowest BCUT2D eigenvalue weighted by atomic mass is 10.1. The molecule has 0 aliphatic heterocycles. The zero-order chi connectivity index (χ0) is 19.3. The first kappa shape index (κ1) is 18.3. The van der Waals surface area contributed by atoms with Crippen molar-refractivity contribution in [1.29, 1.82) is 0 Å². The molecule has 0 aliphatic carbocycles. The number of aromatic amines is 1. The van der Waals surface area contributed by atoms with E-state index in [9.17, 15) is 4.79 Å². The molecule has 4 rings (SSSR count). The normalized spacial score (nSPS) is 10.9. The summed E-state index contributed by atoms with van der Waals surface area (Å²) in [6.45, 7) is 2.63. The van der Waals surface area contributed by atoms with E-state index in [4.69, 9.17) is 0 Å². The third kappa shape index (κ3) is 4.10. The number of para-hydroxylation sites is 1. The molecular weight excluding hydrogens is 366 g/mol. The molecule has 2 aromatic carbocycles. The van der Waals surface area contributed by atoms with Crippen LogP contribution in [-0.2, 0) is 6.42 Å². The van der Waals surface area contributed by atoms with Gasteiger partial charge in [0.1, 0.15) is 5.03 Å². The number of aromatic nitrogens is 2. The monoisotopic (exact) mass is 387 g/mol. The lowest BCUT2D eigenvalue weighted by Crippen LogP contribution is -2.26. The van der Waals surface area contributed by atoms with Gasteiger partial charge in [-0.05, 0) is 49.2 Å². The Bertz CT molecular complexity index is 1100. The van der Waals surface area contributed by atoms with Gasteiger partial charge in [0.25, 0.3) is 5.91 Å². The molecule has 5 heteroatoms. The minimum Gasteiger partial charge on any atom is -0.361 e. The number of nitrogens with zero attached hydrogens (tertiary/aromatic N) is 1. The zero-order valence-electron chi connectivity index (χ0n) is 15.6. The fraction of sp³-hybridized carbons (Fsp3) is 0.130. The highest BCUT2D eigenvalue weighted by atomic mass is 32.2. The highest BCUT2D eigenvalue weighted by Gasteiger charge is 2.13. The fourth-order valence-corrected chi connectivity index (χ4v) is 3.99. The van der Waals surface area contributed by atoms with Gasteiger partial charge >= 0.3 is 0 Å². The van der Waals surface area contributed by atoms with Crippen molar-refractivity contribution in [1.82, 2.24) is 15.3 Å². The molecule has 2 aromatic heterocycles. The van der Waals surface area contributed by atoms with Crippen LogP contribution in [0.15, 0.2) is 83.0 Å². The Morgan fingerprint density at radius 1 is 1.07 bits per heavy atom. The van der Waals surface area contributed by atoms with Crippen LogP contribution >= 0.6 is 11.8 Å². The first-order valence-corrected chi connectivity index (χ1v) is 10.0. The van der Waals surface area contributed by atoms with E-state index in [-0.39, 0.29) is 5.91 Å². The van der Waals surface area contributed by atoms with Gasteiger partial charge in [0.15, 0.2) is 0 Å². The van der Waals surface area contributed by atoms with Crippen molar-refractivity contribution in [3.05, 3.63) is 89.7 Å². The quantitative estimate of drug-likeness (QED) is 0.490. The number of pyridine rings is 1. The van der Waals surface area contributed by atoms with Crippen LogP contribution in [-0.4, -0.2) is 22.4 Å². The Hall–Kier alpha value is -3.05. The summed E-state index contributed by atoms with van der Waals surface area (Å²) in [5, 5.41) is 4.95. The average molecular weight is 388 g/mol. The van der Waals surface area contributed by atoms with Gasteiger partial charge in [-0.1, -0.05) is 47.7 Å². The van der Waals surface area contributed by atoms with Gasteiger partial charge in [-0.3, -0.25) is 4.79 Å². The van der Waals surface area contributed by atoms with Crippen LogP contribution in [0.1, 0.15) is 21.5 Å². The van der Waals surface area contributed by atoms with Crippen molar-refractivity contribution >= 4 is 28.6 Å². The van der Waals surface area contributed by atoms with Crippen LogP contribution in [0, 0.1) is 6.92 Å². The lowest BCUT2D eigenvalue weighted by molar-refractivity contribution is 0.0950. The largest absolute Gasteiger partial charge is 0.361 e. The van der Waals surface area contributed by atoms with E-state index in [0.29, 0.717) is 12.1 Å². The van der Waals surface area contributed by atoms with Crippen LogP contribution in [0.4, 0.5) is 0 Å². The van der Waals surface area contributed by atoms with E-state index < -0.39 is 0 Å². The number of aryl methyl sites for hydroxylation is 1. The Balaban J connectivity index is 1.42. The molecular formula is C23H21N3OS. The summed E-state index contributed by atoms with van der Waals surface area (Å²) in [7, 11) is 0. The summed E-state index contributed by atoms with van der Waals surface area (Å²) in [6.07, 6.45) is 4.51. The third-order valence-electron chi connectivity index (χ3n) is 4.61. The number of H-pyrrole nitrogens is 1. The van der Waals surface area contributed by atoms with Gasteiger partial charge in [0.05, 0.1) is 5.56 Å². The van der Waals surface area contributed by atoms with E-state index >= 15 is 0 Å².